The van der Waals surface area contributed by atoms with Gasteiger partial charge in [0.05, 0.1) is 12.7 Å². The lowest BCUT2D eigenvalue weighted by molar-refractivity contribution is -0.151. The van der Waals surface area contributed by atoms with Gasteiger partial charge in [-0.25, -0.2) is 0 Å². The van der Waals surface area contributed by atoms with E-state index in [1.807, 2.05) is 13.8 Å². The molecule has 1 saturated heterocycles. The van der Waals surface area contributed by atoms with Gasteiger partial charge in [-0.15, -0.1) is 0 Å². The van der Waals surface area contributed by atoms with E-state index in [9.17, 15) is 9.59 Å². The van der Waals surface area contributed by atoms with Crippen molar-refractivity contribution >= 4 is 11.8 Å². The highest BCUT2D eigenvalue weighted by atomic mass is 16.5. The number of carbonyl (C=O) groups is 2. The summed E-state index contributed by atoms with van der Waals surface area (Å²) in [6, 6.07) is 0. The Bertz CT molecular complexity index is 300. The predicted molar refractivity (Wildman–Crippen MR) is 72.8 cm³/mol. The highest BCUT2D eigenvalue weighted by molar-refractivity contribution is 6.34. The molecule has 110 valence electrons. The van der Waals surface area contributed by atoms with Gasteiger partial charge in [0.1, 0.15) is 0 Å². The molecule has 2 amide bonds. The molecule has 0 atom stereocenters. The maximum absolute atomic E-state index is 12.1. The van der Waals surface area contributed by atoms with Crippen molar-refractivity contribution in [3.63, 3.8) is 0 Å². The molecule has 1 aliphatic heterocycles. The number of nitrogens with zero attached hydrogens (tertiary/aromatic N) is 2. The average Bonchev–Trinajstić information content (AvgIpc) is 2.65. The van der Waals surface area contributed by atoms with Gasteiger partial charge in [-0.1, -0.05) is 0 Å². The summed E-state index contributed by atoms with van der Waals surface area (Å²) < 4.78 is 5.38. The van der Waals surface area contributed by atoms with Crippen LogP contribution >= 0.6 is 0 Å². The molecular weight excluding hydrogens is 246 g/mol. The molecule has 0 radical (unpaired) electrons. The van der Waals surface area contributed by atoms with E-state index < -0.39 is 11.8 Å². The van der Waals surface area contributed by atoms with Gasteiger partial charge < -0.3 is 19.9 Å². The zero-order chi connectivity index (χ0) is 14.3. The second kappa shape index (κ2) is 8.12. The SMILES string of the molecule is CC(C)OCCN(C)C(=O)C(=O)N1CCCNCC1. The molecule has 1 N–H and O–H groups in total. The van der Waals surface area contributed by atoms with E-state index in [2.05, 4.69) is 5.32 Å². The number of amides is 2. The number of ether oxygens (including phenoxy) is 1. The van der Waals surface area contributed by atoms with Crippen molar-refractivity contribution in [1.29, 1.82) is 0 Å². The Balaban J connectivity index is 2.39. The van der Waals surface area contributed by atoms with Crippen molar-refractivity contribution in [3.8, 4) is 0 Å². The van der Waals surface area contributed by atoms with Crippen LogP contribution in [0, 0.1) is 0 Å². The molecular formula is C13H25N3O3. The van der Waals surface area contributed by atoms with E-state index in [-0.39, 0.29) is 6.10 Å². The third-order valence-electron chi connectivity index (χ3n) is 3.03. The Kier molecular flexibility index (Phi) is 6.80. The molecule has 1 fully saturated rings. The molecule has 1 aliphatic rings. The van der Waals surface area contributed by atoms with E-state index in [0.717, 1.165) is 19.5 Å². The first-order valence-electron chi connectivity index (χ1n) is 6.89. The van der Waals surface area contributed by atoms with Gasteiger partial charge in [-0.05, 0) is 26.8 Å². The van der Waals surface area contributed by atoms with E-state index in [0.29, 0.717) is 26.2 Å². The summed E-state index contributed by atoms with van der Waals surface area (Å²) in [4.78, 5) is 27.1. The van der Waals surface area contributed by atoms with Crippen LogP contribution in [0.15, 0.2) is 0 Å². The fourth-order valence-electron chi connectivity index (χ4n) is 1.87. The maximum atomic E-state index is 12.1. The molecule has 0 bridgehead atoms. The van der Waals surface area contributed by atoms with Crippen molar-refractivity contribution in [2.75, 3.05) is 46.4 Å². The number of carbonyl (C=O) groups excluding carboxylic acids is 2. The lowest BCUT2D eigenvalue weighted by Crippen LogP contribution is -2.45. The number of nitrogens with one attached hydrogen (secondary N) is 1. The quantitative estimate of drug-likeness (QED) is 0.713. The smallest absolute Gasteiger partial charge is 0.312 e. The number of rotatable bonds is 4. The maximum Gasteiger partial charge on any atom is 0.312 e. The Hall–Kier alpha value is -1.14. The first-order chi connectivity index (χ1) is 9.02. The second-order valence-electron chi connectivity index (χ2n) is 5.04. The topological polar surface area (TPSA) is 61.9 Å². The largest absolute Gasteiger partial charge is 0.377 e. The van der Waals surface area contributed by atoms with Crippen molar-refractivity contribution in [2.45, 2.75) is 26.4 Å². The zero-order valence-corrected chi connectivity index (χ0v) is 12.1. The predicted octanol–water partition coefficient (Wildman–Crippen LogP) is -0.308. The van der Waals surface area contributed by atoms with Crippen LogP contribution in [0.5, 0.6) is 0 Å². The van der Waals surface area contributed by atoms with Crippen LogP contribution in [0.3, 0.4) is 0 Å². The third kappa shape index (κ3) is 5.57. The Morgan fingerprint density at radius 3 is 2.74 bits per heavy atom. The van der Waals surface area contributed by atoms with Gasteiger partial charge >= 0.3 is 11.8 Å². The van der Waals surface area contributed by atoms with Crippen LogP contribution in [-0.4, -0.2) is 74.1 Å². The minimum absolute atomic E-state index is 0.135. The van der Waals surface area contributed by atoms with E-state index >= 15 is 0 Å². The summed E-state index contributed by atoms with van der Waals surface area (Å²) in [6.45, 7) is 7.67. The molecule has 0 aromatic heterocycles. The average molecular weight is 271 g/mol. The number of hydrogen-bond acceptors (Lipinski definition) is 4. The van der Waals surface area contributed by atoms with Crippen LogP contribution in [0.2, 0.25) is 0 Å². The second-order valence-corrected chi connectivity index (χ2v) is 5.04. The van der Waals surface area contributed by atoms with Gasteiger partial charge in [-0.3, -0.25) is 9.59 Å². The van der Waals surface area contributed by atoms with E-state index in [1.54, 1.807) is 11.9 Å². The van der Waals surface area contributed by atoms with Crippen LogP contribution in [0.1, 0.15) is 20.3 Å². The fraction of sp³-hybridized carbons (Fsp3) is 0.846. The monoisotopic (exact) mass is 271 g/mol. The Morgan fingerprint density at radius 2 is 2.05 bits per heavy atom. The molecule has 6 heteroatoms. The minimum Gasteiger partial charge on any atom is -0.377 e. The van der Waals surface area contributed by atoms with Crippen LogP contribution in [-0.2, 0) is 14.3 Å². The summed E-state index contributed by atoms with van der Waals surface area (Å²) in [7, 11) is 1.64. The van der Waals surface area contributed by atoms with Gasteiger partial charge in [0.2, 0.25) is 0 Å². The number of hydrogen-bond donors (Lipinski definition) is 1. The van der Waals surface area contributed by atoms with Crippen LogP contribution in [0.4, 0.5) is 0 Å². The summed E-state index contributed by atoms with van der Waals surface area (Å²) in [5.41, 5.74) is 0. The molecule has 0 spiro atoms. The lowest BCUT2D eigenvalue weighted by Gasteiger charge is -2.23. The minimum atomic E-state index is -0.450. The normalized spacial score (nSPS) is 16.3. The van der Waals surface area contributed by atoms with E-state index in [1.165, 1.54) is 4.90 Å². The van der Waals surface area contributed by atoms with Gasteiger partial charge in [-0.2, -0.15) is 0 Å². The van der Waals surface area contributed by atoms with Gasteiger partial charge in [0.15, 0.2) is 0 Å². The molecule has 0 aromatic carbocycles. The van der Waals surface area contributed by atoms with E-state index in [4.69, 9.17) is 4.74 Å². The standard InChI is InChI=1S/C13H25N3O3/c1-11(2)19-10-9-15(3)12(17)13(18)16-7-4-5-14-6-8-16/h11,14H,4-10H2,1-3H3. The molecule has 6 nitrogen and oxygen atoms in total. The number of likely N-dealkylation sites (N-methyl/N-ethyl adjacent to an activating group) is 1. The summed E-state index contributed by atoms with van der Waals surface area (Å²) in [5.74, 6) is -0.856. The molecule has 0 saturated carbocycles. The summed E-state index contributed by atoms with van der Waals surface area (Å²) in [6.07, 6.45) is 1.02. The Labute approximate surface area is 115 Å². The summed E-state index contributed by atoms with van der Waals surface area (Å²) in [5, 5.41) is 3.21. The van der Waals surface area contributed by atoms with Crippen molar-refractivity contribution < 1.29 is 14.3 Å². The molecule has 19 heavy (non-hydrogen) atoms. The summed E-state index contributed by atoms with van der Waals surface area (Å²) >= 11 is 0. The first kappa shape index (κ1) is 15.9. The lowest BCUT2D eigenvalue weighted by atomic mass is 10.3. The van der Waals surface area contributed by atoms with Crippen molar-refractivity contribution in [3.05, 3.63) is 0 Å². The molecule has 0 aromatic rings. The Morgan fingerprint density at radius 1 is 1.32 bits per heavy atom. The van der Waals surface area contributed by atoms with Gasteiger partial charge in [0.25, 0.3) is 0 Å². The highest BCUT2D eigenvalue weighted by Crippen LogP contribution is 1.99. The van der Waals surface area contributed by atoms with Gasteiger partial charge in [0, 0.05) is 33.2 Å². The van der Waals surface area contributed by atoms with Crippen molar-refractivity contribution in [2.24, 2.45) is 0 Å². The molecule has 0 aliphatic carbocycles. The molecule has 0 unspecified atom stereocenters. The highest BCUT2D eigenvalue weighted by Gasteiger charge is 2.25. The van der Waals surface area contributed by atoms with Crippen LogP contribution < -0.4 is 5.32 Å². The first-order valence-corrected chi connectivity index (χ1v) is 6.89. The van der Waals surface area contributed by atoms with Crippen molar-refractivity contribution in [1.82, 2.24) is 15.1 Å². The molecule has 1 heterocycles. The fourth-order valence-corrected chi connectivity index (χ4v) is 1.87. The third-order valence-corrected chi connectivity index (χ3v) is 3.03. The zero-order valence-electron chi connectivity index (χ0n) is 12.1. The molecule has 1 rings (SSSR count). The van der Waals surface area contributed by atoms with Crippen LogP contribution in [0.25, 0.3) is 0 Å².